The summed E-state index contributed by atoms with van der Waals surface area (Å²) in [5, 5.41) is 2.90. The van der Waals surface area contributed by atoms with Crippen molar-refractivity contribution < 1.29 is 9.21 Å². The summed E-state index contributed by atoms with van der Waals surface area (Å²) >= 11 is 5.60. The van der Waals surface area contributed by atoms with Gasteiger partial charge in [-0.2, -0.15) is 0 Å². The van der Waals surface area contributed by atoms with Crippen LogP contribution in [0, 0.1) is 5.92 Å². The Bertz CT molecular complexity index is 356. The van der Waals surface area contributed by atoms with Gasteiger partial charge in [0.05, 0.1) is 5.88 Å². The Kier molecular flexibility index (Phi) is 3.88. The number of nitrogens with one attached hydrogen (secondary N) is 1. The number of halogens is 1. The molecule has 0 aliphatic heterocycles. The van der Waals surface area contributed by atoms with Gasteiger partial charge in [-0.15, -0.1) is 11.6 Å². The molecule has 0 unspecified atom stereocenters. The molecule has 1 fully saturated rings. The van der Waals surface area contributed by atoms with Crippen molar-refractivity contribution in [1.82, 2.24) is 5.32 Å². The number of amides is 1. The third-order valence-electron chi connectivity index (χ3n) is 3.04. The van der Waals surface area contributed by atoms with Crippen LogP contribution in [0.2, 0.25) is 0 Å². The molecule has 1 aliphatic carbocycles. The van der Waals surface area contributed by atoms with Gasteiger partial charge in [0, 0.05) is 6.54 Å². The van der Waals surface area contributed by atoms with Crippen molar-refractivity contribution in [2.24, 2.45) is 5.92 Å². The van der Waals surface area contributed by atoms with E-state index in [0.717, 1.165) is 6.54 Å². The molecule has 1 heterocycles. The topological polar surface area (TPSA) is 42.2 Å². The van der Waals surface area contributed by atoms with E-state index in [1.807, 2.05) is 0 Å². The van der Waals surface area contributed by atoms with E-state index in [2.05, 4.69) is 5.32 Å². The minimum atomic E-state index is -0.136. The van der Waals surface area contributed by atoms with Crippen LogP contribution in [0.4, 0.5) is 0 Å². The molecular formula is C12H16ClNO2. The maximum absolute atomic E-state index is 11.7. The van der Waals surface area contributed by atoms with E-state index >= 15 is 0 Å². The minimum absolute atomic E-state index is 0.136. The lowest BCUT2D eigenvalue weighted by molar-refractivity contribution is 0.0918. The maximum Gasteiger partial charge on any atom is 0.287 e. The largest absolute Gasteiger partial charge is 0.455 e. The molecule has 1 N–H and O–H groups in total. The Hall–Kier alpha value is -0.960. The summed E-state index contributed by atoms with van der Waals surface area (Å²) in [6.45, 7) is 0.760. The average Bonchev–Trinajstić information content (AvgIpc) is 2.96. The highest BCUT2D eigenvalue weighted by Crippen LogP contribution is 2.23. The number of furan rings is 1. The molecule has 4 heteroatoms. The molecule has 0 saturated heterocycles. The first kappa shape index (κ1) is 11.5. The Morgan fingerprint density at radius 3 is 2.81 bits per heavy atom. The summed E-state index contributed by atoms with van der Waals surface area (Å²) in [5.41, 5.74) is 0. The average molecular weight is 242 g/mol. The van der Waals surface area contributed by atoms with E-state index in [-0.39, 0.29) is 5.91 Å². The fourth-order valence-corrected chi connectivity index (χ4v) is 2.25. The van der Waals surface area contributed by atoms with E-state index < -0.39 is 0 Å². The van der Waals surface area contributed by atoms with Crippen LogP contribution in [0.15, 0.2) is 16.5 Å². The van der Waals surface area contributed by atoms with Crippen LogP contribution in [0.5, 0.6) is 0 Å². The van der Waals surface area contributed by atoms with Gasteiger partial charge in [-0.25, -0.2) is 0 Å². The fourth-order valence-electron chi connectivity index (χ4n) is 2.11. The Morgan fingerprint density at radius 1 is 1.44 bits per heavy atom. The highest BCUT2D eigenvalue weighted by Gasteiger charge is 2.17. The van der Waals surface area contributed by atoms with Gasteiger partial charge in [-0.1, -0.05) is 12.8 Å². The first-order valence-corrected chi connectivity index (χ1v) is 6.26. The second kappa shape index (κ2) is 5.39. The lowest BCUT2D eigenvalue weighted by Crippen LogP contribution is -2.27. The van der Waals surface area contributed by atoms with Crippen molar-refractivity contribution in [3.05, 3.63) is 23.7 Å². The van der Waals surface area contributed by atoms with Crippen molar-refractivity contribution >= 4 is 17.5 Å². The van der Waals surface area contributed by atoms with Crippen LogP contribution in [-0.2, 0) is 5.88 Å². The molecule has 0 bridgehead atoms. The number of carbonyl (C=O) groups is 1. The normalized spacial score (nSPS) is 16.6. The molecule has 88 valence electrons. The lowest BCUT2D eigenvalue weighted by atomic mass is 10.1. The number of carbonyl (C=O) groups excluding carboxylic acids is 1. The van der Waals surface area contributed by atoms with Crippen molar-refractivity contribution in [3.8, 4) is 0 Å². The predicted octanol–water partition coefficient (Wildman–Crippen LogP) is 2.94. The van der Waals surface area contributed by atoms with Crippen LogP contribution in [0.25, 0.3) is 0 Å². The lowest BCUT2D eigenvalue weighted by Gasteiger charge is -2.09. The van der Waals surface area contributed by atoms with Gasteiger partial charge in [0.15, 0.2) is 5.76 Å². The quantitative estimate of drug-likeness (QED) is 0.824. The molecule has 1 amide bonds. The molecule has 1 aromatic rings. The van der Waals surface area contributed by atoms with Gasteiger partial charge in [0.1, 0.15) is 5.76 Å². The van der Waals surface area contributed by atoms with Crippen molar-refractivity contribution in [3.63, 3.8) is 0 Å². The van der Waals surface area contributed by atoms with Crippen molar-refractivity contribution in [2.75, 3.05) is 6.54 Å². The highest BCUT2D eigenvalue weighted by atomic mass is 35.5. The Labute approximate surface area is 100 Å². The summed E-state index contributed by atoms with van der Waals surface area (Å²) < 4.78 is 5.27. The van der Waals surface area contributed by atoms with Crippen LogP contribution in [-0.4, -0.2) is 12.5 Å². The SMILES string of the molecule is O=C(NCC1CCCC1)c1ccc(CCl)o1. The minimum Gasteiger partial charge on any atom is -0.455 e. The standard InChI is InChI=1S/C12H16ClNO2/c13-7-10-5-6-11(16-10)12(15)14-8-9-3-1-2-4-9/h5-6,9H,1-4,7-8H2,(H,14,15). The molecule has 1 aliphatic rings. The Morgan fingerprint density at radius 2 is 2.19 bits per heavy atom. The first-order valence-electron chi connectivity index (χ1n) is 5.72. The first-order chi connectivity index (χ1) is 7.79. The van der Waals surface area contributed by atoms with Crippen LogP contribution < -0.4 is 5.32 Å². The summed E-state index contributed by atoms with van der Waals surface area (Å²) in [6.07, 6.45) is 5.03. The van der Waals surface area contributed by atoms with Crippen molar-refractivity contribution in [1.29, 1.82) is 0 Å². The van der Waals surface area contributed by atoms with E-state index in [1.54, 1.807) is 12.1 Å². The number of hydrogen-bond donors (Lipinski definition) is 1. The van der Waals surface area contributed by atoms with E-state index in [0.29, 0.717) is 23.3 Å². The van der Waals surface area contributed by atoms with E-state index in [4.69, 9.17) is 16.0 Å². The molecule has 3 nitrogen and oxygen atoms in total. The number of hydrogen-bond acceptors (Lipinski definition) is 2. The third-order valence-corrected chi connectivity index (χ3v) is 3.31. The van der Waals surface area contributed by atoms with Crippen molar-refractivity contribution in [2.45, 2.75) is 31.6 Å². The monoisotopic (exact) mass is 241 g/mol. The summed E-state index contributed by atoms with van der Waals surface area (Å²) in [7, 11) is 0. The molecule has 0 aromatic carbocycles. The number of alkyl halides is 1. The molecule has 1 aromatic heterocycles. The third kappa shape index (κ3) is 2.79. The maximum atomic E-state index is 11.7. The van der Waals surface area contributed by atoms with Crippen LogP contribution >= 0.6 is 11.6 Å². The Balaban J connectivity index is 1.82. The smallest absolute Gasteiger partial charge is 0.287 e. The molecule has 0 spiro atoms. The molecule has 0 atom stereocenters. The van der Waals surface area contributed by atoms with Gasteiger partial charge < -0.3 is 9.73 Å². The number of rotatable bonds is 4. The van der Waals surface area contributed by atoms with Gasteiger partial charge in [0.2, 0.25) is 0 Å². The van der Waals surface area contributed by atoms with Gasteiger partial charge in [0.25, 0.3) is 5.91 Å². The zero-order valence-electron chi connectivity index (χ0n) is 9.17. The second-order valence-corrected chi connectivity index (χ2v) is 4.53. The van der Waals surface area contributed by atoms with Crippen LogP contribution in [0.3, 0.4) is 0 Å². The molecular weight excluding hydrogens is 226 g/mol. The fraction of sp³-hybridized carbons (Fsp3) is 0.583. The molecule has 0 radical (unpaired) electrons. The highest BCUT2D eigenvalue weighted by molar-refractivity contribution is 6.16. The van der Waals surface area contributed by atoms with Crippen LogP contribution in [0.1, 0.15) is 42.0 Å². The zero-order chi connectivity index (χ0) is 11.4. The molecule has 1 saturated carbocycles. The van der Waals surface area contributed by atoms with E-state index in [9.17, 15) is 4.79 Å². The molecule has 2 rings (SSSR count). The van der Waals surface area contributed by atoms with Gasteiger partial charge in [-0.05, 0) is 30.9 Å². The second-order valence-electron chi connectivity index (χ2n) is 4.26. The summed E-state index contributed by atoms with van der Waals surface area (Å²) in [4.78, 5) is 11.7. The zero-order valence-corrected chi connectivity index (χ0v) is 9.93. The predicted molar refractivity (Wildman–Crippen MR) is 62.6 cm³/mol. The summed E-state index contributed by atoms with van der Waals surface area (Å²) in [6, 6.07) is 3.40. The van der Waals surface area contributed by atoms with Gasteiger partial charge >= 0.3 is 0 Å². The van der Waals surface area contributed by atoms with Gasteiger partial charge in [-0.3, -0.25) is 4.79 Å². The summed E-state index contributed by atoms with van der Waals surface area (Å²) in [5.74, 6) is 1.80. The van der Waals surface area contributed by atoms with E-state index in [1.165, 1.54) is 25.7 Å². The molecule has 16 heavy (non-hydrogen) atoms.